The number of hydrogen-bond acceptors (Lipinski definition) is 4. The molecule has 1 saturated heterocycles. The maximum absolute atomic E-state index is 14.5. The van der Waals surface area contributed by atoms with Crippen LogP contribution in [-0.2, 0) is 6.42 Å². The molecule has 4 rings (SSSR count). The van der Waals surface area contributed by atoms with Gasteiger partial charge in [-0.15, -0.1) is 11.3 Å². The molecule has 1 unspecified atom stereocenters. The first-order valence-electron chi connectivity index (χ1n) is 11.3. The van der Waals surface area contributed by atoms with Crippen molar-refractivity contribution in [1.82, 2.24) is 14.8 Å². The van der Waals surface area contributed by atoms with Crippen molar-refractivity contribution in [3.63, 3.8) is 0 Å². The van der Waals surface area contributed by atoms with Crippen LogP contribution in [0, 0.1) is 24.5 Å². The molecule has 8 heteroatoms. The molecule has 3 heterocycles. The number of benzene rings is 1. The third kappa shape index (κ3) is 5.17. The van der Waals surface area contributed by atoms with E-state index in [1.807, 2.05) is 23.3 Å². The Labute approximate surface area is 202 Å². The van der Waals surface area contributed by atoms with E-state index in [4.69, 9.17) is 0 Å². The molecule has 34 heavy (non-hydrogen) atoms. The van der Waals surface area contributed by atoms with E-state index < -0.39 is 11.6 Å². The summed E-state index contributed by atoms with van der Waals surface area (Å²) >= 11 is 1.45. The van der Waals surface area contributed by atoms with Crippen molar-refractivity contribution >= 4 is 23.2 Å². The first kappa shape index (κ1) is 24.0. The van der Waals surface area contributed by atoms with E-state index in [9.17, 15) is 18.4 Å². The van der Waals surface area contributed by atoms with Gasteiger partial charge in [0.25, 0.3) is 11.8 Å². The number of hydrogen-bond donors (Lipinski definition) is 0. The largest absolute Gasteiger partial charge is 0.338 e. The molecule has 0 saturated carbocycles. The number of likely N-dealkylation sites (tertiary alicyclic amines) is 1. The number of amides is 2. The molecule has 0 aliphatic carbocycles. The smallest absolute Gasteiger partial charge is 0.264 e. The minimum atomic E-state index is -0.631. The molecule has 0 radical (unpaired) electrons. The van der Waals surface area contributed by atoms with Gasteiger partial charge in [-0.1, -0.05) is 6.07 Å². The maximum atomic E-state index is 14.5. The Hall–Kier alpha value is -3.13. The Balaban J connectivity index is 1.53. The fourth-order valence-electron chi connectivity index (χ4n) is 4.60. The summed E-state index contributed by atoms with van der Waals surface area (Å²) in [5.41, 5.74) is 1.80. The lowest BCUT2D eigenvalue weighted by molar-refractivity contribution is 0.0523. The van der Waals surface area contributed by atoms with Gasteiger partial charge in [-0.2, -0.15) is 0 Å². The van der Waals surface area contributed by atoms with Gasteiger partial charge < -0.3 is 9.80 Å². The van der Waals surface area contributed by atoms with Crippen molar-refractivity contribution in [1.29, 1.82) is 0 Å². The van der Waals surface area contributed by atoms with E-state index >= 15 is 0 Å². The third-order valence-electron chi connectivity index (χ3n) is 6.60. The zero-order chi connectivity index (χ0) is 24.2. The van der Waals surface area contributed by atoms with Gasteiger partial charge in [0, 0.05) is 44.6 Å². The van der Waals surface area contributed by atoms with Crippen LogP contribution in [-0.4, -0.2) is 52.8 Å². The summed E-state index contributed by atoms with van der Waals surface area (Å²) in [6, 6.07) is 8.59. The Morgan fingerprint density at radius 2 is 1.97 bits per heavy atom. The van der Waals surface area contributed by atoms with Crippen molar-refractivity contribution in [3.8, 4) is 0 Å². The number of halogens is 2. The van der Waals surface area contributed by atoms with E-state index in [1.54, 1.807) is 30.3 Å². The zero-order valence-corrected chi connectivity index (χ0v) is 20.0. The molecule has 0 bridgehead atoms. The van der Waals surface area contributed by atoms with Crippen LogP contribution in [0.1, 0.15) is 44.0 Å². The second-order valence-corrected chi connectivity index (χ2v) is 9.64. The predicted molar refractivity (Wildman–Crippen MR) is 128 cm³/mol. The van der Waals surface area contributed by atoms with Crippen LogP contribution < -0.4 is 0 Å². The number of likely N-dealkylation sites (N-methyl/N-ethyl adjacent to an activating group) is 1. The quantitative estimate of drug-likeness (QED) is 0.498. The van der Waals surface area contributed by atoms with Crippen LogP contribution in [0.3, 0.4) is 0 Å². The highest BCUT2D eigenvalue weighted by atomic mass is 32.1. The van der Waals surface area contributed by atoms with Crippen LogP contribution in [0.4, 0.5) is 8.78 Å². The molecule has 1 aliphatic rings. The molecule has 1 aromatic carbocycles. The molecular formula is C26H27F2N3O2S. The number of aromatic nitrogens is 1. The highest BCUT2D eigenvalue weighted by Crippen LogP contribution is 2.29. The van der Waals surface area contributed by atoms with Gasteiger partial charge in [0.1, 0.15) is 11.6 Å². The van der Waals surface area contributed by atoms with Gasteiger partial charge in [-0.05, 0) is 72.9 Å². The molecule has 1 fully saturated rings. The Kier molecular flexibility index (Phi) is 7.36. The molecule has 0 spiro atoms. The van der Waals surface area contributed by atoms with Gasteiger partial charge in [0.15, 0.2) is 0 Å². The standard InChI is InChI=1S/C26H27F2N3O2S/c1-17-9-13-34-24(17)26(33)31-11-7-18(8-12-31)23(14-19-5-6-21(27)15-22(19)28)30(2)25(32)20-4-3-10-29-16-20/h3-6,9-10,13,15-16,18,23H,7-8,11-12,14H2,1-2H3. The SMILES string of the molecule is Cc1ccsc1C(=O)N1CCC(C(Cc2ccc(F)cc2F)N(C)C(=O)c2cccnc2)CC1. The molecule has 2 aromatic heterocycles. The fourth-order valence-corrected chi connectivity index (χ4v) is 5.49. The number of nitrogens with zero attached hydrogens (tertiary/aromatic N) is 3. The molecule has 5 nitrogen and oxygen atoms in total. The average Bonchev–Trinajstić information content (AvgIpc) is 3.28. The Bertz CT molecular complexity index is 1160. The van der Waals surface area contributed by atoms with Crippen molar-refractivity contribution in [2.75, 3.05) is 20.1 Å². The fraction of sp³-hybridized carbons (Fsp3) is 0.346. The number of aryl methyl sites for hydroxylation is 1. The minimum Gasteiger partial charge on any atom is -0.338 e. The van der Waals surface area contributed by atoms with E-state index in [-0.39, 0.29) is 30.2 Å². The van der Waals surface area contributed by atoms with E-state index in [2.05, 4.69) is 4.98 Å². The number of thiophene rings is 1. The third-order valence-corrected chi connectivity index (χ3v) is 7.60. The molecule has 1 aliphatic heterocycles. The Morgan fingerprint density at radius 3 is 2.59 bits per heavy atom. The van der Waals surface area contributed by atoms with E-state index in [1.165, 1.54) is 29.7 Å². The highest BCUT2D eigenvalue weighted by Gasteiger charge is 2.34. The molecular weight excluding hydrogens is 456 g/mol. The second-order valence-electron chi connectivity index (χ2n) is 8.73. The van der Waals surface area contributed by atoms with Crippen molar-refractivity contribution in [2.24, 2.45) is 5.92 Å². The number of carbonyl (C=O) groups is 2. The maximum Gasteiger partial charge on any atom is 0.264 e. The van der Waals surface area contributed by atoms with Gasteiger partial charge in [-0.25, -0.2) is 8.78 Å². The molecule has 3 aromatic rings. The van der Waals surface area contributed by atoms with Crippen LogP contribution in [0.5, 0.6) is 0 Å². The molecule has 2 amide bonds. The highest BCUT2D eigenvalue weighted by molar-refractivity contribution is 7.12. The minimum absolute atomic E-state index is 0.0341. The summed E-state index contributed by atoms with van der Waals surface area (Å²) in [6.45, 7) is 3.07. The van der Waals surface area contributed by atoms with Gasteiger partial charge in [0.2, 0.25) is 0 Å². The summed E-state index contributed by atoms with van der Waals surface area (Å²) < 4.78 is 28.0. The zero-order valence-electron chi connectivity index (χ0n) is 19.2. The normalized spacial score (nSPS) is 15.2. The van der Waals surface area contributed by atoms with Crippen LogP contribution >= 0.6 is 11.3 Å². The summed E-state index contributed by atoms with van der Waals surface area (Å²) in [5, 5.41) is 1.92. The lowest BCUT2D eigenvalue weighted by Gasteiger charge is -2.40. The van der Waals surface area contributed by atoms with E-state index in [0.29, 0.717) is 37.1 Å². The first-order valence-corrected chi connectivity index (χ1v) is 12.2. The molecule has 1 atom stereocenters. The van der Waals surface area contributed by atoms with Crippen molar-refractivity contribution < 1.29 is 18.4 Å². The summed E-state index contributed by atoms with van der Waals surface area (Å²) in [6.07, 6.45) is 4.75. The van der Waals surface area contributed by atoms with Crippen LogP contribution in [0.2, 0.25) is 0 Å². The topological polar surface area (TPSA) is 53.5 Å². The van der Waals surface area contributed by atoms with Crippen LogP contribution in [0.25, 0.3) is 0 Å². The van der Waals surface area contributed by atoms with Gasteiger partial charge in [-0.3, -0.25) is 14.6 Å². The number of piperidine rings is 1. The predicted octanol–water partition coefficient (Wildman–Crippen LogP) is 4.97. The molecule has 0 N–H and O–H groups in total. The first-order chi connectivity index (χ1) is 16.3. The summed E-state index contributed by atoms with van der Waals surface area (Å²) in [5.74, 6) is -1.36. The number of pyridine rings is 1. The van der Waals surface area contributed by atoms with Crippen molar-refractivity contribution in [3.05, 3.63) is 87.4 Å². The lowest BCUT2D eigenvalue weighted by Crippen LogP contribution is -2.48. The van der Waals surface area contributed by atoms with Crippen molar-refractivity contribution in [2.45, 2.75) is 32.2 Å². The summed E-state index contributed by atoms with van der Waals surface area (Å²) in [4.78, 5) is 34.4. The number of carbonyl (C=O) groups excluding carboxylic acids is 2. The van der Waals surface area contributed by atoms with E-state index in [0.717, 1.165) is 16.5 Å². The van der Waals surface area contributed by atoms with Crippen LogP contribution in [0.15, 0.2) is 54.2 Å². The lowest BCUT2D eigenvalue weighted by atomic mass is 9.84. The monoisotopic (exact) mass is 483 g/mol. The number of rotatable bonds is 6. The van der Waals surface area contributed by atoms with Gasteiger partial charge >= 0.3 is 0 Å². The average molecular weight is 484 g/mol. The van der Waals surface area contributed by atoms with Gasteiger partial charge in [0.05, 0.1) is 10.4 Å². The molecule has 178 valence electrons. The Morgan fingerprint density at radius 1 is 1.21 bits per heavy atom. The second kappa shape index (κ2) is 10.4. The summed E-state index contributed by atoms with van der Waals surface area (Å²) in [7, 11) is 1.72.